The number of halogens is 2. The Kier molecular flexibility index (Phi) is 7.31. The highest BCUT2D eigenvalue weighted by atomic mass is 79.9. The number of nitrogens with two attached hydrogens (primary N) is 1. The molecule has 1 aliphatic carbocycles. The molecule has 1 saturated carbocycles. The molecule has 22 heavy (non-hydrogen) atoms. The summed E-state index contributed by atoms with van der Waals surface area (Å²) in [5.41, 5.74) is 5.53. The molecule has 0 spiro atoms. The maximum absolute atomic E-state index is 12.2. The number of nitrogens with zero attached hydrogens (tertiary/aromatic N) is 1. The van der Waals surface area contributed by atoms with Crippen molar-refractivity contribution in [1.82, 2.24) is 10.2 Å². The summed E-state index contributed by atoms with van der Waals surface area (Å²) >= 11 is 4.69. The third-order valence-electron chi connectivity index (χ3n) is 3.87. The van der Waals surface area contributed by atoms with Gasteiger partial charge in [0.2, 0.25) is 5.91 Å². The highest BCUT2D eigenvalue weighted by Gasteiger charge is 2.34. The Morgan fingerprint density at radius 2 is 2.05 bits per heavy atom. The Morgan fingerprint density at radius 1 is 1.41 bits per heavy atom. The molecule has 1 heterocycles. The van der Waals surface area contributed by atoms with Crippen LogP contribution in [0.5, 0.6) is 0 Å². The number of hydrogen-bond donors (Lipinski definition) is 2. The summed E-state index contributed by atoms with van der Waals surface area (Å²) in [5.74, 6) is -0.289. The molecule has 2 amide bonds. The zero-order valence-corrected chi connectivity index (χ0v) is 15.7. The van der Waals surface area contributed by atoms with Gasteiger partial charge in [0, 0.05) is 13.6 Å². The average molecular weight is 411 g/mol. The molecule has 1 aliphatic rings. The van der Waals surface area contributed by atoms with Crippen LogP contribution < -0.4 is 11.1 Å². The number of carbonyl (C=O) groups excluding carboxylic acids is 2. The van der Waals surface area contributed by atoms with E-state index < -0.39 is 0 Å². The van der Waals surface area contributed by atoms with Gasteiger partial charge >= 0.3 is 0 Å². The van der Waals surface area contributed by atoms with Gasteiger partial charge in [-0.1, -0.05) is 12.8 Å². The predicted octanol–water partition coefficient (Wildman–Crippen LogP) is 2.39. The van der Waals surface area contributed by atoms with E-state index in [1.807, 2.05) is 6.07 Å². The molecule has 2 rings (SSSR count). The van der Waals surface area contributed by atoms with Gasteiger partial charge in [-0.25, -0.2) is 0 Å². The SMILES string of the molecule is CN(CC(=O)NC1(CN)CCCC1)C(=O)c1ccc(Br)s1.Cl. The molecule has 0 aromatic carbocycles. The predicted molar refractivity (Wildman–Crippen MR) is 94.6 cm³/mol. The third-order valence-corrected chi connectivity index (χ3v) is 5.48. The van der Waals surface area contributed by atoms with E-state index in [1.165, 1.54) is 16.2 Å². The van der Waals surface area contributed by atoms with Crippen molar-refractivity contribution in [3.63, 3.8) is 0 Å². The largest absolute Gasteiger partial charge is 0.348 e. The van der Waals surface area contributed by atoms with Gasteiger partial charge in [-0.15, -0.1) is 23.7 Å². The Bertz CT molecular complexity index is 532. The highest BCUT2D eigenvalue weighted by molar-refractivity contribution is 9.11. The second-order valence-corrected chi connectivity index (χ2v) is 7.97. The Hall–Kier alpha value is -0.630. The van der Waals surface area contributed by atoms with Crippen LogP contribution in [0, 0.1) is 0 Å². The number of rotatable bonds is 5. The molecule has 1 fully saturated rings. The first-order valence-corrected chi connectivity index (χ1v) is 8.59. The molecule has 124 valence electrons. The number of carbonyl (C=O) groups is 2. The quantitative estimate of drug-likeness (QED) is 0.782. The molecular formula is C14H21BrClN3O2S. The smallest absolute Gasteiger partial charge is 0.264 e. The van der Waals surface area contributed by atoms with Crippen LogP contribution in [0.4, 0.5) is 0 Å². The molecule has 1 aromatic rings. The molecule has 0 bridgehead atoms. The van der Waals surface area contributed by atoms with E-state index in [1.54, 1.807) is 13.1 Å². The zero-order valence-electron chi connectivity index (χ0n) is 12.4. The molecule has 0 aliphatic heterocycles. The molecular weight excluding hydrogens is 390 g/mol. The fourth-order valence-electron chi connectivity index (χ4n) is 2.67. The number of nitrogens with one attached hydrogen (secondary N) is 1. The molecule has 5 nitrogen and oxygen atoms in total. The Balaban J connectivity index is 0.00000242. The molecule has 0 radical (unpaired) electrons. The minimum atomic E-state index is -0.271. The normalized spacial score (nSPS) is 16.0. The van der Waals surface area contributed by atoms with Crippen molar-refractivity contribution < 1.29 is 9.59 Å². The first-order chi connectivity index (χ1) is 9.96. The van der Waals surface area contributed by atoms with Crippen molar-refractivity contribution in [3.05, 3.63) is 20.8 Å². The molecule has 0 atom stereocenters. The summed E-state index contributed by atoms with van der Waals surface area (Å²) in [4.78, 5) is 26.4. The number of hydrogen-bond acceptors (Lipinski definition) is 4. The van der Waals surface area contributed by atoms with Gasteiger partial charge in [-0.3, -0.25) is 9.59 Å². The van der Waals surface area contributed by atoms with E-state index in [4.69, 9.17) is 5.73 Å². The van der Waals surface area contributed by atoms with Crippen LogP contribution in [-0.4, -0.2) is 42.4 Å². The lowest BCUT2D eigenvalue weighted by molar-refractivity contribution is -0.123. The molecule has 0 saturated heterocycles. The van der Waals surface area contributed by atoms with Crippen LogP contribution in [0.3, 0.4) is 0 Å². The van der Waals surface area contributed by atoms with Crippen LogP contribution in [0.2, 0.25) is 0 Å². The van der Waals surface area contributed by atoms with Crippen molar-refractivity contribution in [2.75, 3.05) is 20.1 Å². The van der Waals surface area contributed by atoms with Gasteiger partial charge in [-0.2, -0.15) is 0 Å². The third kappa shape index (κ3) is 4.68. The van der Waals surface area contributed by atoms with Crippen molar-refractivity contribution in [1.29, 1.82) is 0 Å². The van der Waals surface area contributed by atoms with E-state index in [9.17, 15) is 9.59 Å². The van der Waals surface area contributed by atoms with Crippen LogP contribution in [0.25, 0.3) is 0 Å². The minimum Gasteiger partial charge on any atom is -0.348 e. The van der Waals surface area contributed by atoms with Crippen molar-refractivity contribution in [2.24, 2.45) is 5.73 Å². The van der Waals surface area contributed by atoms with Gasteiger partial charge in [0.1, 0.15) is 0 Å². The van der Waals surface area contributed by atoms with Crippen LogP contribution in [-0.2, 0) is 4.79 Å². The molecule has 3 N–H and O–H groups in total. The standard InChI is InChI=1S/C14H20BrN3O2S.ClH/c1-18(13(20)10-4-5-11(15)21-10)8-12(19)17-14(9-16)6-2-3-7-14;/h4-5H,2-3,6-9,16H2,1H3,(H,17,19);1H. The second-order valence-electron chi connectivity index (χ2n) is 5.50. The minimum absolute atomic E-state index is 0. The van der Waals surface area contributed by atoms with E-state index in [-0.39, 0.29) is 36.3 Å². The van der Waals surface area contributed by atoms with E-state index in [0.29, 0.717) is 11.4 Å². The Morgan fingerprint density at radius 3 is 2.55 bits per heavy atom. The van der Waals surface area contributed by atoms with E-state index in [2.05, 4.69) is 21.2 Å². The number of thiophene rings is 1. The van der Waals surface area contributed by atoms with Gasteiger partial charge < -0.3 is 16.0 Å². The maximum Gasteiger partial charge on any atom is 0.264 e. The summed E-state index contributed by atoms with van der Waals surface area (Å²) in [6.07, 6.45) is 4.03. The van der Waals surface area contributed by atoms with E-state index >= 15 is 0 Å². The average Bonchev–Trinajstić information content (AvgIpc) is 3.07. The maximum atomic E-state index is 12.2. The monoisotopic (exact) mass is 409 g/mol. The van der Waals surface area contributed by atoms with Crippen molar-refractivity contribution >= 4 is 51.5 Å². The first kappa shape index (κ1) is 19.4. The summed E-state index contributed by atoms with van der Waals surface area (Å²) in [6, 6.07) is 3.58. The molecule has 1 aromatic heterocycles. The summed E-state index contributed by atoms with van der Waals surface area (Å²) in [6.45, 7) is 0.504. The topological polar surface area (TPSA) is 75.4 Å². The van der Waals surface area contributed by atoms with Gasteiger partial charge in [0.25, 0.3) is 5.91 Å². The number of amides is 2. The van der Waals surface area contributed by atoms with Crippen LogP contribution in [0.1, 0.15) is 35.4 Å². The van der Waals surface area contributed by atoms with Crippen LogP contribution in [0.15, 0.2) is 15.9 Å². The lowest BCUT2D eigenvalue weighted by Gasteiger charge is -2.29. The molecule has 8 heteroatoms. The fraction of sp³-hybridized carbons (Fsp3) is 0.571. The van der Waals surface area contributed by atoms with Gasteiger partial charge in [-0.05, 0) is 40.9 Å². The molecule has 0 unspecified atom stereocenters. The Labute approximate surface area is 149 Å². The summed E-state index contributed by atoms with van der Waals surface area (Å²) in [5, 5.41) is 3.02. The summed E-state index contributed by atoms with van der Waals surface area (Å²) in [7, 11) is 1.64. The lowest BCUT2D eigenvalue weighted by atomic mass is 9.98. The fourth-order valence-corrected chi connectivity index (χ4v) is 4.05. The van der Waals surface area contributed by atoms with Gasteiger partial charge in [0.15, 0.2) is 0 Å². The first-order valence-electron chi connectivity index (χ1n) is 6.98. The van der Waals surface area contributed by atoms with E-state index in [0.717, 1.165) is 29.5 Å². The van der Waals surface area contributed by atoms with Crippen LogP contribution >= 0.6 is 39.7 Å². The van der Waals surface area contributed by atoms with Crippen molar-refractivity contribution in [3.8, 4) is 0 Å². The zero-order chi connectivity index (χ0) is 15.5. The van der Waals surface area contributed by atoms with Gasteiger partial charge in [0.05, 0.1) is 20.7 Å². The lowest BCUT2D eigenvalue weighted by Crippen LogP contribution is -2.54. The number of likely N-dealkylation sites (N-methyl/N-ethyl adjacent to an activating group) is 1. The van der Waals surface area contributed by atoms with Crippen molar-refractivity contribution in [2.45, 2.75) is 31.2 Å². The highest BCUT2D eigenvalue weighted by Crippen LogP contribution is 2.28. The second kappa shape index (κ2) is 8.29. The summed E-state index contributed by atoms with van der Waals surface area (Å²) < 4.78 is 0.900.